The number of aryl methyl sites for hydroxylation is 3. The highest BCUT2D eigenvalue weighted by molar-refractivity contribution is 14.1. The molecule has 0 unspecified atom stereocenters. The first-order chi connectivity index (χ1) is 10.9. The Labute approximate surface area is 151 Å². The van der Waals surface area contributed by atoms with E-state index in [0.717, 1.165) is 20.4 Å². The standard InChI is InChI=1S/C19H21IO3/c1-5-19(21)23-17-8-6-7-16(20)15(17)11-22-18-10-13(3)12(2)9-14(18)4/h6-10H,5,11H2,1-4H3. The second-order valence-corrected chi connectivity index (χ2v) is 6.70. The van der Waals surface area contributed by atoms with Gasteiger partial charge in [0.2, 0.25) is 0 Å². The molecule has 2 rings (SSSR count). The molecule has 0 heterocycles. The van der Waals surface area contributed by atoms with Crippen LogP contribution in [0.25, 0.3) is 0 Å². The minimum Gasteiger partial charge on any atom is -0.488 e. The summed E-state index contributed by atoms with van der Waals surface area (Å²) >= 11 is 2.24. The van der Waals surface area contributed by atoms with Crippen LogP contribution in [0.1, 0.15) is 35.6 Å². The highest BCUT2D eigenvalue weighted by atomic mass is 127. The first-order valence-corrected chi connectivity index (χ1v) is 8.69. The Bertz CT molecular complexity index is 723. The maximum atomic E-state index is 11.6. The molecule has 0 atom stereocenters. The molecule has 122 valence electrons. The van der Waals surface area contributed by atoms with Crippen molar-refractivity contribution in [2.75, 3.05) is 0 Å². The average molecular weight is 424 g/mol. The van der Waals surface area contributed by atoms with Crippen LogP contribution in [-0.4, -0.2) is 5.97 Å². The van der Waals surface area contributed by atoms with Gasteiger partial charge in [0.15, 0.2) is 0 Å². The molecular formula is C19H21IO3. The van der Waals surface area contributed by atoms with Gasteiger partial charge in [0.05, 0.1) is 0 Å². The van der Waals surface area contributed by atoms with Gasteiger partial charge in [-0.1, -0.05) is 19.1 Å². The normalized spacial score (nSPS) is 10.5. The van der Waals surface area contributed by atoms with Crippen molar-refractivity contribution in [3.8, 4) is 11.5 Å². The fourth-order valence-electron chi connectivity index (χ4n) is 2.21. The summed E-state index contributed by atoms with van der Waals surface area (Å²) in [6, 6.07) is 9.85. The number of carbonyl (C=O) groups is 1. The van der Waals surface area contributed by atoms with Crippen molar-refractivity contribution in [3.05, 3.63) is 56.2 Å². The third-order valence-corrected chi connectivity index (χ3v) is 4.76. The molecule has 0 radical (unpaired) electrons. The Morgan fingerprint density at radius 1 is 1.04 bits per heavy atom. The predicted octanol–water partition coefficient (Wildman–Crippen LogP) is 5.11. The predicted molar refractivity (Wildman–Crippen MR) is 100 cm³/mol. The molecule has 0 saturated heterocycles. The lowest BCUT2D eigenvalue weighted by Gasteiger charge is -2.15. The summed E-state index contributed by atoms with van der Waals surface area (Å²) in [4.78, 5) is 11.6. The monoisotopic (exact) mass is 424 g/mol. The van der Waals surface area contributed by atoms with E-state index in [1.165, 1.54) is 11.1 Å². The number of hydrogen-bond acceptors (Lipinski definition) is 3. The molecule has 0 bridgehead atoms. The molecule has 0 saturated carbocycles. The fraction of sp³-hybridized carbons (Fsp3) is 0.316. The lowest BCUT2D eigenvalue weighted by atomic mass is 10.1. The van der Waals surface area contributed by atoms with Crippen molar-refractivity contribution in [2.45, 2.75) is 40.7 Å². The molecule has 0 N–H and O–H groups in total. The average Bonchev–Trinajstić information content (AvgIpc) is 2.51. The van der Waals surface area contributed by atoms with E-state index in [1.807, 2.05) is 25.1 Å². The van der Waals surface area contributed by atoms with Crippen LogP contribution in [0.2, 0.25) is 0 Å². The van der Waals surface area contributed by atoms with Gasteiger partial charge in [-0.3, -0.25) is 4.79 Å². The van der Waals surface area contributed by atoms with Crippen molar-refractivity contribution in [1.82, 2.24) is 0 Å². The Balaban J connectivity index is 2.23. The first kappa shape index (κ1) is 17.8. The van der Waals surface area contributed by atoms with Crippen LogP contribution >= 0.6 is 22.6 Å². The van der Waals surface area contributed by atoms with E-state index < -0.39 is 0 Å². The maximum Gasteiger partial charge on any atom is 0.310 e. The van der Waals surface area contributed by atoms with Gasteiger partial charge in [0, 0.05) is 15.6 Å². The molecule has 2 aromatic rings. The Hall–Kier alpha value is -1.56. The molecular weight excluding hydrogens is 403 g/mol. The van der Waals surface area contributed by atoms with Crippen molar-refractivity contribution >= 4 is 28.6 Å². The van der Waals surface area contributed by atoms with Gasteiger partial charge < -0.3 is 9.47 Å². The highest BCUT2D eigenvalue weighted by Crippen LogP contribution is 2.28. The summed E-state index contributed by atoms with van der Waals surface area (Å²) in [6.07, 6.45) is 0.349. The molecule has 0 fully saturated rings. The number of rotatable bonds is 5. The summed E-state index contributed by atoms with van der Waals surface area (Å²) in [7, 11) is 0. The van der Waals surface area contributed by atoms with E-state index in [2.05, 4.69) is 48.6 Å². The zero-order chi connectivity index (χ0) is 17.0. The van der Waals surface area contributed by atoms with Crippen LogP contribution in [0, 0.1) is 24.3 Å². The fourth-order valence-corrected chi connectivity index (χ4v) is 2.84. The minimum atomic E-state index is -0.240. The largest absolute Gasteiger partial charge is 0.488 e. The van der Waals surface area contributed by atoms with Crippen LogP contribution < -0.4 is 9.47 Å². The minimum absolute atomic E-state index is 0.240. The molecule has 0 aliphatic carbocycles. The number of halogens is 1. The zero-order valence-electron chi connectivity index (χ0n) is 13.9. The van der Waals surface area contributed by atoms with E-state index in [-0.39, 0.29) is 5.97 Å². The van der Waals surface area contributed by atoms with E-state index in [1.54, 1.807) is 6.92 Å². The zero-order valence-corrected chi connectivity index (χ0v) is 16.1. The second-order valence-electron chi connectivity index (χ2n) is 5.53. The summed E-state index contributed by atoms with van der Waals surface area (Å²) in [5.74, 6) is 1.20. The number of hydrogen-bond donors (Lipinski definition) is 0. The highest BCUT2D eigenvalue weighted by Gasteiger charge is 2.13. The van der Waals surface area contributed by atoms with E-state index in [4.69, 9.17) is 9.47 Å². The lowest BCUT2D eigenvalue weighted by Crippen LogP contribution is -2.09. The third kappa shape index (κ3) is 4.47. The topological polar surface area (TPSA) is 35.5 Å². The Morgan fingerprint density at radius 2 is 1.74 bits per heavy atom. The van der Waals surface area contributed by atoms with Crippen molar-refractivity contribution in [1.29, 1.82) is 0 Å². The van der Waals surface area contributed by atoms with Gasteiger partial charge in [0.25, 0.3) is 0 Å². The first-order valence-electron chi connectivity index (χ1n) is 7.61. The van der Waals surface area contributed by atoms with Crippen LogP contribution in [0.3, 0.4) is 0 Å². The maximum absolute atomic E-state index is 11.6. The van der Waals surface area contributed by atoms with Gasteiger partial charge in [0.1, 0.15) is 18.1 Å². The molecule has 3 nitrogen and oxygen atoms in total. The molecule has 2 aromatic carbocycles. The van der Waals surface area contributed by atoms with E-state index in [9.17, 15) is 4.79 Å². The third-order valence-electron chi connectivity index (χ3n) is 3.75. The Kier molecular flexibility index (Phi) is 6.04. The lowest BCUT2D eigenvalue weighted by molar-refractivity contribution is -0.134. The van der Waals surface area contributed by atoms with Gasteiger partial charge in [-0.05, 0) is 78.3 Å². The summed E-state index contributed by atoms with van der Waals surface area (Å²) in [5, 5.41) is 0. The smallest absolute Gasteiger partial charge is 0.310 e. The van der Waals surface area contributed by atoms with Crippen LogP contribution in [0.5, 0.6) is 11.5 Å². The summed E-state index contributed by atoms with van der Waals surface area (Å²) < 4.78 is 12.4. The van der Waals surface area contributed by atoms with Crippen LogP contribution in [0.4, 0.5) is 0 Å². The molecule has 23 heavy (non-hydrogen) atoms. The van der Waals surface area contributed by atoms with Crippen molar-refractivity contribution in [2.24, 2.45) is 0 Å². The van der Waals surface area contributed by atoms with Gasteiger partial charge in [-0.15, -0.1) is 0 Å². The summed E-state index contributed by atoms with van der Waals surface area (Å²) in [6.45, 7) is 8.35. The molecule has 4 heteroatoms. The number of carbonyl (C=O) groups excluding carboxylic acids is 1. The second kappa shape index (κ2) is 7.81. The number of ether oxygens (including phenoxy) is 2. The SMILES string of the molecule is CCC(=O)Oc1cccc(I)c1COc1cc(C)c(C)cc1C. The molecule has 0 aromatic heterocycles. The quantitative estimate of drug-likeness (QED) is 0.380. The summed E-state index contributed by atoms with van der Waals surface area (Å²) in [5.41, 5.74) is 4.45. The Morgan fingerprint density at radius 3 is 2.43 bits per heavy atom. The number of esters is 1. The molecule has 0 spiro atoms. The van der Waals surface area contributed by atoms with Crippen LogP contribution in [0.15, 0.2) is 30.3 Å². The van der Waals surface area contributed by atoms with Gasteiger partial charge in [-0.2, -0.15) is 0 Å². The van der Waals surface area contributed by atoms with Gasteiger partial charge in [-0.25, -0.2) is 0 Å². The van der Waals surface area contributed by atoms with Crippen molar-refractivity contribution < 1.29 is 14.3 Å². The molecule has 0 aliphatic rings. The van der Waals surface area contributed by atoms with Crippen LogP contribution in [-0.2, 0) is 11.4 Å². The molecule has 0 amide bonds. The number of benzene rings is 2. The molecule has 0 aliphatic heterocycles. The van der Waals surface area contributed by atoms with E-state index >= 15 is 0 Å². The van der Waals surface area contributed by atoms with Gasteiger partial charge >= 0.3 is 5.97 Å². The van der Waals surface area contributed by atoms with Crippen molar-refractivity contribution in [3.63, 3.8) is 0 Å². The van der Waals surface area contributed by atoms with E-state index in [0.29, 0.717) is 18.8 Å².